The topological polar surface area (TPSA) is 23.5 Å². The highest BCUT2D eigenvalue weighted by atomic mass is 16.2. The predicted octanol–water partition coefficient (Wildman–Crippen LogP) is 1.53. The van der Waals surface area contributed by atoms with Gasteiger partial charge in [-0.2, -0.15) is 0 Å². The summed E-state index contributed by atoms with van der Waals surface area (Å²) < 4.78 is 0. The molecule has 0 saturated carbocycles. The Kier molecular flexibility index (Phi) is 3.88. The normalized spacial score (nSPS) is 24.8. The summed E-state index contributed by atoms with van der Waals surface area (Å²) in [6, 6.07) is 0.684. The molecule has 1 saturated heterocycles. The second-order valence-electron chi connectivity index (χ2n) is 3.18. The zero-order valence-electron chi connectivity index (χ0n) is 7.61. The molecule has 1 N–H and O–H groups in total. The lowest BCUT2D eigenvalue weighted by Gasteiger charge is -2.17. The van der Waals surface area contributed by atoms with E-state index in [4.69, 9.17) is 5.11 Å². The Hall–Kier alpha value is -0.760. The molecule has 0 spiro atoms. The third-order valence-electron chi connectivity index (χ3n) is 2.23. The number of allylic oxidation sites excluding steroid dienone is 2. The fourth-order valence-electron chi connectivity index (χ4n) is 1.48. The first-order chi connectivity index (χ1) is 5.84. The molecule has 2 nitrogen and oxygen atoms in total. The lowest BCUT2D eigenvalue weighted by Crippen LogP contribution is -2.19. The standard InChI is InChI=1S/C10H17NO/c1-10-6-5-8-11(10)7-3-2-4-9-12/h2-4,7,10,12H,5-6,8-9H2,1H3/b4-2?,7-3-/t10-/m1/s1. The van der Waals surface area contributed by atoms with Gasteiger partial charge in [-0.15, -0.1) is 0 Å². The lowest BCUT2D eigenvalue weighted by atomic mass is 10.2. The maximum atomic E-state index is 8.48. The van der Waals surface area contributed by atoms with Crippen molar-refractivity contribution in [1.82, 2.24) is 4.90 Å². The maximum Gasteiger partial charge on any atom is 0.0615 e. The number of likely N-dealkylation sites (tertiary alicyclic amines) is 1. The zero-order valence-corrected chi connectivity index (χ0v) is 7.61. The van der Waals surface area contributed by atoms with Crippen LogP contribution in [-0.4, -0.2) is 29.2 Å². The maximum absolute atomic E-state index is 8.48. The van der Waals surface area contributed by atoms with Gasteiger partial charge in [-0.1, -0.05) is 12.2 Å². The Labute approximate surface area is 74.2 Å². The summed E-state index contributed by atoms with van der Waals surface area (Å²) >= 11 is 0. The minimum absolute atomic E-state index is 0.125. The Morgan fingerprint density at radius 2 is 2.33 bits per heavy atom. The van der Waals surface area contributed by atoms with Gasteiger partial charge in [0.1, 0.15) is 0 Å². The van der Waals surface area contributed by atoms with Gasteiger partial charge < -0.3 is 10.0 Å². The molecule has 0 radical (unpaired) electrons. The monoisotopic (exact) mass is 167 g/mol. The molecule has 0 aliphatic carbocycles. The molecule has 0 aromatic rings. The van der Waals surface area contributed by atoms with E-state index >= 15 is 0 Å². The van der Waals surface area contributed by atoms with Crippen molar-refractivity contribution in [2.45, 2.75) is 25.8 Å². The first-order valence-electron chi connectivity index (χ1n) is 4.54. The number of hydrogen-bond acceptors (Lipinski definition) is 2. The van der Waals surface area contributed by atoms with Crippen LogP contribution < -0.4 is 0 Å². The molecule has 0 amide bonds. The summed E-state index contributed by atoms with van der Waals surface area (Å²) in [5.41, 5.74) is 0. The van der Waals surface area contributed by atoms with E-state index in [2.05, 4.69) is 18.0 Å². The van der Waals surface area contributed by atoms with Gasteiger partial charge >= 0.3 is 0 Å². The predicted molar refractivity (Wildman–Crippen MR) is 50.8 cm³/mol. The molecule has 12 heavy (non-hydrogen) atoms. The summed E-state index contributed by atoms with van der Waals surface area (Å²) in [6.45, 7) is 3.54. The van der Waals surface area contributed by atoms with Crippen molar-refractivity contribution in [3.8, 4) is 0 Å². The van der Waals surface area contributed by atoms with Crippen molar-refractivity contribution in [3.05, 3.63) is 24.4 Å². The van der Waals surface area contributed by atoms with Crippen molar-refractivity contribution in [1.29, 1.82) is 0 Å². The molecular weight excluding hydrogens is 150 g/mol. The third-order valence-corrected chi connectivity index (χ3v) is 2.23. The largest absolute Gasteiger partial charge is 0.392 e. The van der Waals surface area contributed by atoms with Gasteiger partial charge in [-0.3, -0.25) is 0 Å². The van der Waals surface area contributed by atoms with E-state index in [9.17, 15) is 0 Å². The van der Waals surface area contributed by atoms with E-state index in [-0.39, 0.29) is 6.61 Å². The van der Waals surface area contributed by atoms with Gasteiger partial charge in [-0.25, -0.2) is 0 Å². The van der Waals surface area contributed by atoms with E-state index in [1.807, 2.05) is 12.2 Å². The second-order valence-corrected chi connectivity index (χ2v) is 3.18. The number of aliphatic hydroxyl groups excluding tert-OH is 1. The average Bonchev–Trinajstić information content (AvgIpc) is 2.46. The van der Waals surface area contributed by atoms with Crippen LogP contribution in [0.2, 0.25) is 0 Å². The second kappa shape index (κ2) is 4.99. The van der Waals surface area contributed by atoms with Crippen LogP contribution in [0.25, 0.3) is 0 Å². The van der Waals surface area contributed by atoms with Gasteiger partial charge in [0.15, 0.2) is 0 Å². The van der Waals surface area contributed by atoms with E-state index in [0.717, 1.165) is 0 Å². The van der Waals surface area contributed by atoms with Crippen molar-refractivity contribution >= 4 is 0 Å². The highest BCUT2D eigenvalue weighted by Crippen LogP contribution is 2.16. The van der Waals surface area contributed by atoms with E-state index in [1.165, 1.54) is 19.4 Å². The molecule has 68 valence electrons. The van der Waals surface area contributed by atoms with E-state index < -0.39 is 0 Å². The smallest absolute Gasteiger partial charge is 0.0615 e. The number of hydrogen-bond donors (Lipinski definition) is 1. The van der Waals surface area contributed by atoms with Crippen LogP contribution in [0.3, 0.4) is 0 Å². The molecule has 1 heterocycles. The van der Waals surface area contributed by atoms with Crippen LogP contribution in [0.5, 0.6) is 0 Å². The zero-order chi connectivity index (χ0) is 8.81. The molecule has 2 heteroatoms. The summed E-state index contributed by atoms with van der Waals surface area (Å²) in [6.07, 6.45) is 10.3. The minimum atomic E-state index is 0.125. The Balaban J connectivity index is 2.29. The van der Waals surface area contributed by atoms with Crippen molar-refractivity contribution in [2.75, 3.05) is 13.2 Å². The molecule has 0 aromatic carbocycles. The van der Waals surface area contributed by atoms with Gasteiger partial charge in [0.2, 0.25) is 0 Å². The van der Waals surface area contributed by atoms with Gasteiger partial charge in [0, 0.05) is 12.6 Å². The van der Waals surface area contributed by atoms with Gasteiger partial charge in [0.05, 0.1) is 6.61 Å². The highest BCUT2D eigenvalue weighted by Gasteiger charge is 2.15. The van der Waals surface area contributed by atoms with E-state index in [1.54, 1.807) is 6.08 Å². The molecule has 0 unspecified atom stereocenters. The molecule has 1 aliphatic rings. The average molecular weight is 167 g/mol. The lowest BCUT2D eigenvalue weighted by molar-refractivity contribution is 0.342. The summed E-state index contributed by atoms with van der Waals surface area (Å²) in [7, 11) is 0. The highest BCUT2D eigenvalue weighted by molar-refractivity contribution is 5.03. The van der Waals surface area contributed by atoms with Crippen LogP contribution in [0.15, 0.2) is 24.4 Å². The summed E-state index contributed by atoms with van der Waals surface area (Å²) in [5, 5.41) is 8.48. The van der Waals surface area contributed by atoms with E-state index in [0.29, 0.717) is 6.04 Å². The number of nitrogens with zero attached hydrogens (tertiary/aromatic N) is 1. The molecule has 1 aliphatic heterocycles. The quantitative estimate of drug-likeness (QED) is 0.644. The molecule has 1 atom stereocenters. The first-order valence-corrected chi connectivity index (χ1v) is 4.54. The van der Waals surface area contributed by atoms with Crippen LogP contribution in [0.4, 0.5) is 0 Å². The molecule has 1 rings (SSSR count). The number of rotatable bonds is 3. The van der Waals surface area contributed by atoms with Gasteiger partial charge in [-0.05, 0) is 32.0 Å². The molecule has 0 bridgehead atoms. The Bertz CT molecular complexity index is 175. The van der Waals surface area contributed by atoms with Crippen molar-refractivity contribution < 1.29 is 5.11 Å². The molecule has 1 fully saturated rings. The first kappa shape index (κ1) is 9.33. The van der Waals surface area contributed by atoms with Crippen molar-refractivity contribution in [3.63, 3.8) is 0 Å². The fourth-order valence-corrected chi connectivity index (χ4v) is 1.48. The van der Waals surface area contributed by atoms with Crippen LogP contribution in [0, 0.1) is 0 Å². The Morgan fingerprint density at radius 1 is 1.50 bits per heavy atom. The van der Waals surface area contributed by atoms with Gasteiger partial charge in [0.25, 0.3) is 0 Å². The SMILES string of the molecule is C[C@@H]1CCCN1/C=C\C=CCO. The van der Waals surface area contributed by atoms with Crippen LogP contribution in [-0.2, 0) is 0 Å². The third kappa shape index (κ3) is 2.70. The minimum Gasteiger partial charge on any atom is -0.392 e. The molecular formula is C10H17NO. The fraction of sp³-hybridized carbons (Fsp3) is 0.600. The summed E-state index contributed by atoms with van der Waals surface area (Å²) in [4.78, 5) is 2.34. The van der Waals surface area contributed by atoms with Crippen LogP contribution in [0.1, 0.15) is 19.8 Å². The summed E-state index contributed by atoms with van der Waals surface area (Å²) in [5.74, 6) is 0. The van der Waals surface area contributed by atoms with Crippen LogP contribution >= 0.6 is 0 Å². The molecule has 0 aromatic heterocycles. The van der Waals surface area contributed by atoms with Crippen molar-refractivity contribution in [2.24, 2.45) is 0 Å². The number of aliphatic hydroxyl groups is 1. The Morgan fingerprint density at radius 3 is 2.92 bits per heavy atom.